The average molecular weight is 270 g/mol. The summed E-state index contributed by atoms with van der Waals surface area (Å²) in [6.45, 7) is 8.20. The Hall–Kier alpha value is -0.490. The molecule has 0 aliphatic carbocycles. The average Bonchev–Trinajstić information content (AvgIpc) is 2.98. The molecule has 2 heterocycles. The predicted molar refractivity (Wildman–Crippen MR) is 72.7 cm³/mol. The van der Waals surface area contributed by atoms with Crippen molar-refractivity contribution in [2.45, 2.75) is 44.8 Å². The summed E-state index contributed by atoms with van der Waals surface area (Å²) in [5.74, 6) is 0. The maximum Gasteiger partial charge on any atom is 0.125 e. The number of thiazole rings is 1. The zero-order valence-electron chi connectivity index (χ0n) is 11.4. The minimum Gasteiger partial charge on any atom is -0.379 e. The molecule has 0 amide bonds. The minimum absolute atomic E-state index is 0.298. The topological polar surface area (TPSA) is 57.4 Å². The Morgan fingerprint density at radius 2 is 2.39 bits per heavy atom. The standard InChI is InChI=1S/C13H22N2O2S/c1-4-12(3,17-5-2)11-15-10(8-18-11)13(14)6-7-16-9-13/h8H,4-7,9,14H2,1-3H3. The molecule has 2 atom stereocenters. The van der Waals surface area contributed by atoms with Gasteiger partial charge in [-0.1, -0.05) is 6.92 Å². The van der Waals surface area contributed by atoms with Gasteiger partial charge in [-0.3, -0.25) is 0 Å². The summed E-state index contributed by atoms with van der Waals surface area (Å²) in [6.07, 6.45) is 1.75. The van der Waals surface area contributed by atoms with Gasteiger partial charge in [0.05, 0.1) is 17.8 Å². The second-order valence-corrected chi connectivity index (χ2v) is 5.87. The molecule has 1 saturated heterocycles. The Bertz CT molecular complexity index is 401. The van der Waals surface area contributed by atoms with Gasteiger partial charge in [0.25, 0.3) is 0 Å². The molecule has 1 fully saturated rings. The summed E-state index contributed by atoms with van der Waals surface area (Å²) in [6, 6.07) is 0. The predicted octanol–water partition coefficient (Wildman–Crippen LogP) is 2.38. The largest absolute Gasteiger partial charge is 0.379 e. The number of nitrogens with two attached hydrogens (primary N) is 1. The van der Waals surface area contributed by atoms with Crippen LogP contribution in [0.4, 0.5) is 0 Å². The summed E-state index contributed by atoms with van der Waals surface area (Å²) >= 11 is 1.63. The van der Waals surface area contributed by atoms with Gasteiger partial charge < -0.3 is 15.2 Å². The molecule has 0 spiro atoms. The van der Waals surface area contributed by atoms with Gasteiger partial charge in [-0.15, -0.1) is 11.3 Å². The van der Waals surface area contributed by atoms with E-state index in [1.165, 1.54) is 0 Å². The van der Waals surface area contributed by atoms with Crippen LogP contribution < -0.4 is 5.73 Å². The van der Waals surface area contributed by atoms with Crippen molar-refractivity contribution in [3.05, 3.63) is 16.1 Å². The van der Waals surface area contributed by atoms with Crippen molar-refractivity contribution in [1.82, 2.24) is 4.98 Å². The molecule has 2 rings (SSSR count). The van der Waals surface area contributed by atoms with Crippen molar-refractivity contribution in [3.8, 4) is 0 Å². The molecule has 1 aromatic rings. The third-order valence-corrected chi connectivity index (χ3v) is 4.74. The third kappa shape index (κ3) is 2.45. The van der Waals surface area contributed by atoms with E-state index in [4.69, 9.17) is 20.2 Å². The fourth-order valence-corrected chi connectivity index (χ4v) is 3.28. The lowest BCUT2D eigenvalue weighted by Crippen LogP contribution is -2.37. The lowest BCUT2D eigenvalue weighted by molar-refractivity contribution is -0.0326. The van der Waals surface area contributed by atoms with E-state index in [2.05, 4.69) is 19.2 Å². The maximum atomic E-state index is 6.33. The van der Waals surface area contributed by atoms with E-state index >= 15 is 0 Å². The van der Waals surface area contributed by atoms with Crippen LogP contribution in [-0.2, 0) is 20.6 Å². The molecule has 1 aromatic heterocycles. The first-order valence-electron chi connectivity index (χ1n) is 6.51. The number of rotatable bonds is 5. The quantitative estimate of drug-likeness (QED) is 0.892. The molecule has 0 saturated carbocycles. The third-order valence-electron chi connectivity index (χ3n) is 3.66. The molecule has 5 heteroatoms. The van der Waals surface area contributed by atoms with Crippen molar-refractivity contribution >= 4 is 11.3 Å². The van der Waals surface area contributed by atoms with Gasteiger partial charge in [-0.05, 0) is 26.7 Å². The Balaban J connectivity index is 2.24. The first-order valence-corrected chi connectivity index (χ1v) is 7.39. The van der Waals surface area contributed by atoms with Gasteiger partial charge in [0.15, 0.2) is 0 Å². The summed E-state index contributed by atoms with van der Waals surface area (Å²) in [7, 11) is 0. The van der Waals surface area contributed by atoms with E-state index in [0.717, 1.165) is 30.2 Å². The first kappa shape index (κ1) is 13.9. The highest BCUT2D eigenvalue weighted by atomic mass is 32.1. The van der Waals surface area contributed by atoms with E-state index < -0.39 is 5.54 Å². The summed E-state index contributed by atoms with van der Waals surface area (Å²) in [5.41, 5.74) is 6.57. The van der Waals surface area contributed by atoms with Crippen molar-refractivity contribution in [2.24, 2.45) is 5.73 Å². The Kier molecular flexibility index (Phi) is 4.06. The molecule has 1 aliphatic rings. The van der Waals surface area contributed by atoms with Crippen LogP contribution in [-0.4, -0.2) is 24.8 Å². The number of ether oxygens (including phenoxy) is 2. The molecule has 0 aromatic carbocycles. The fraction of sp³-hybridized carbons (Fsp3) is 0.769. The van der Waals surface area contributed by atoms with Crippen molar-refractivity contribution in [2.75, 3.05) is 19.8 Å². The number of aromatic nitrogens is 1. The van der Waals surface area contributed by atoms with Crippen LogP contribution in [0.15, 0.2) is 5.38 Å². The zero-order chi connectivity index (χ0) is 13.2. The van der Waals surface area contributed by atoms with Gasteiger partial charge >= 0.3 is 0 Å². The lowest BCUT2D eigenvalue weighted by Gasteiger charge is -2.26. The van der Waals surface area contributed by atoms with Gasteiger partial charge in [0.1, 0.15) is 10.6 Å². The van der Waals surface area contributed by atoms with E-state index in [0.29, 0.717) is 13.2 Å². The zero-order valence-corrected chi connectivity index (χ0v) is 12.2. The van der Waals surface area contributed by atoms with Crippen molar-refractivity contribution < 1.29 is 9.47 Å². The summed E-state index contributed by atoms with van der Waals surface area (Å²) in [4.78, 5) is 4.71. The van der Waals surface area contributed by atoms with Crippen LogP contribution in [0.25, 0.3) is 0 Å². The first-order chi connectivity index (χ1) is 8.54. The van der Waals surface area contributed by atoms with Crippen LogP contribution in [0.2, 0.25) is 0 Å². The number of hydrogen-bond acceptors (Lipinski definition) is 5. The molecule has 2 N–H and O–H groups in total. The molecule has 102 valence electrons. The summed E-state index contributed by atoms with van der Waals surface area (Å²) < 4.78 is 11.2. The second kappa shape index (κ2) is 5.25. The molecular formula is C13H22N2O2S. The molecule has 2 unspecified atom stereocenters. The highest BCUT2D eigenvalue weighted by Crippen LogP contribution is 2.35. The second-order valence-electron chi connectivity index (χ2n) is 5.01. The Morgan fingerprint density at radius 1 is 1.61 bits per heavy atom. The highest BCUT2D eigenvalue weighted by Gasteiger charge is 2.37. The molecule has 0 bridgehead atoms. The van der Waals surface area contributed by atoms with Crippen LogP contribution in [0.1, 0.15) is 44.3 Å². The SMILES string of the molecule is CCOC(C)(CC)c1nc(C2(N)CCOC2)cs1. The maximum absolute atomic E-state index is 6.33. The van der Waals surface area contributed by atoms with Crippen molar-refractivity contribution in [3.63, 3.8) is 0 Å². The van der Waals surface area contributed by atoms with Crippen molar-refractivity contribution in [1.29, 1.82) is 0 Å². The van der Waals surface area contributed by atoms with Gasteiger partial charge in [-0.2, -0.15) is 0 Å². The van der Waals surface area contributed by atoms with Crippen LogP contribution in [0.3, 0.4) is 0 Å². The Labute approximate surface area is 113 Å². The molecule has 18 heavy (non-hydrogen) atoms. The van der Waals surface area contributed by atoms with E-state index in [9.17, 15) is 0 Å². The van der Waals surface area contributed by atoms with Gasteiger partial charge in [0, 0.05) is 18.6 Å². The van der Waals surface area contributed by atoms with Crippen LogP contribution in [0, 0.1) is 0 Å². The molecular weight excluding hydrogens is 248 g/mol. The van der Waals surface area contributed by atoms with Crippen LogP contribution in [0.5, 0.6) is 0 Å². The minimum atomic E-state index is -0.407. The van der Waals surface area contributed by atoms with E-state index in [-0.39, 0.29) is 5.60 Å². The molecule has 4 nitrogen and oxygen atoms in total. The van der Waals surface area contributed by atoms with E-state index in [1.807, 2.05) is 6.92 Å². The lowest BCUT2D eigenvalue weighted by atomic mass is 9.96. The molecule has 0 radical (unpaired) electrons. The number of nitrogens with zero attached hydrogens (tertiary/aromatic N) is 1. The normalized spacial score (nSPS) is 27.3. The van der Waals surface area contributed by atoms with Gasteiger partial charge in [0.2, 0.25) is 0 Å². The highest BCUT2D eigenvalue weighted by molar-refractivity contribution is 7.09. The Morgan fingerprint density at radius 3 is 2.94 bits per heavy atom. The van der Waals surface area contributed by atoms with Crippen LogP contribution >= 0.6 is 11.3 Å². The molecule has 1 aliphatic heterocycles. The van der Waals surface area contributed by atoms with Gasteiger partial charge in [-0.25, -0.2) is 4.98 Å². The van der Waals surface area contributed by atoms with E-state index in [1.54, 1.807) is 11.3 Å². The monoisotopic (exact) mass is 270 g/mol. The summed E-state index contributed by atoms with van der Waals surface area (Å²) in [5, 5.41) is 3.07. The number of hydrogen-bond donors (Lipinski definition) is 1. The fourth-order valence-electron chi connectivity index (χ4n) is 2.16. The smallest absolute Gasteiger partial charge is 0.125 e.